The molecule has 24 heavy (non-hydrogen) atoms. The molecule has 0 radical (unpaired) electrons. The Bertz CT molecular complexity index is 649. The van der Waals surface area contributed by atoms with Crippen LogP contribution in [0.4, 0.5) is 0 Å². The number of nitrogens with zero attached hydrogens (tertiary/aromatic N) is 1. The van der Waals surface area contributed by atoms with Crippen LogP contribution < -0.4 is 15.8 Å². The second-order valence-electron chi connectivity index (χ2n) is 5.33. The molecule has 0 atom stereocenters. The zero-order chi connectivity index (χ0) is 16.2. The van der Waals surface area contributed by atoms with Gasteiger partial charge in [0, 0.05) is 44.8 Å². The van der Waals surface area contributed by atoms with Crippen LogP contribution in [0.25, 0.3) is 0 Å². The molecular formula is C14H24Cl2N4O3S. The minimum absolute atomic E-state index is 0. The summed E-state index contributed by atoms with van der Waals surface area (Å²) in [5.41, 5.74) is 6.14. The van der Waals surface area contributed by atoms with E-state index in [0.717, 1.165) is 26.2 Å². The van der Waals surface area contributed by atoms with Crippen LogP contribution in [0.15, 0.2) is 23.1 Å². The topological polar surface area (TPSA) is 105 Å². The lowest BCUT2D eigenvalue weighted by Crippen LogP contribution is -2.46. The van der Waals surface area contributed by atoms with Crippen molar-refractivity contribution in [2.45, 2.75) is 11.8 Å². The van der Waals surface area contributed by atoms with Crippen molar-refractivity contribution in [1.82, 2.24) is 14.9 Å². The van der Waals surface area contributed by atoms with Crippen LogP contribution >= 0.6 is 24.8 Å². The SMILES string of the molecule is Cc1ccc(S(=O)(=O)NCCN2CCNCC2)cc1C(N)=O.Cl.Cl. The number of carbonyl (C=O) groups excluding carboxylic acids is 1. The van der Waals surface area contributed by atoms with E-state index in [1.54, 1.807) is 13.0 Å². The molecule has 0 bridgehead atoms. The fourth-order valence-electron chi connectivity index (χ4n) is 2.39. The van der Waals surface area contributed by atoms with Crippen molar-refractivity contribution in [3.63, 3.8) is 0 Å². The Morgan fingerprint density at radius 1 is 1.29 bits per heavy atom. The fraction of sp³-hybridized carbons (Fsp3) is 0.500. The summed E-state index contributed by atoms with van der Waals surface area (Å²) in [6.07, 6.45) is 0. The molecule has 1 aliphatic heterocycles. The molecule has 1 aromatic carbocycles. The molecule has 0 unspecified atom stereocenters. The van der Waals surface area contributed by atoms with Crippen molar-refractivity contribution in [2.75, 3.05) is 39.3 Å². The summed E-state index contributed by atoms with van der Waals surface area (Å²) in [6, 6.07) is 4.39. The predicted octanol–water partition coefficient (Wildman–Crippen LogP) is 0.121. The first-order valence-electron chi connectivity index (χ1n) is 7.23. The molecule has 1 amide bonds. The van der Waals surface area contributed by atoms with Gasteiger partial charge >= 0.3 is 0 Å². The predicted molar refractivity (Wildman–Crippen MR) is 98.7 cm³/mol. The number of halogens is 2. The molecule has 1 aromatic rings. The maximum Gasteiger partial charge on any atom is 0.249 e. The van der Waals surface area contributed by atoms with E-state index in [0.29, 0.717) is 18.7 Å². The number of hydrogen-bond donors (Lipinski definition) is 3. The molecule has 1 saturated heterocycles. The smallest absolute Gasteiger partial charge is 0.249 e. The van der Waals surface area contributed by atoms with Crippen LogP contribution in [0.1, 0.15) is 15.9 Å². The van der Waals surface area contributed by atoms with Gasteiger partial charge in [-0.15, -0.1) is 24.8 Å². The number of carbonyl (C=O) groups is 1. The summed E-state index contributed by atoms with van der Waals surface area (Å²) in [7, 11) is -3.63. The van der Waals surface area contributed by atoms with Gasteiger partial charge in [0.25, 0.3) is 0 Å². The average Bonchev–Trinajstić information content (AvgIpc) is 2.48. The molecule has 7 nitrogen and oxygen atoms in total. The summed E-state index contributed by atoms with van der Waals surface area (Å²) >= 11 is 0. The van der Waals surface area contributed by atoms with E-state index in [1.165, 1.54) is 12.1 Å². The van der Waals surface area contributed by atoms with Gasteiger partial charge in [0.2, 0.25) is 15.9 Å². The Kier molecular flexibility index (Phi) is 9.79. The zero-order valence-corrected chi connectivity index (χ0v) is 15.9. The maximum atomic E-state index is 12.3. The standard InChI is InChI=1S/C14H22N4O3S.2ClH/c1-11-2-3-12(10-13(11)14(15)19)22(20,21)17-6-9-18-7-4-16-5-8-18;;/h2-3,10,16-17H,4-9H2,1H3,(H2,15,19);2*1H. The van der Waals surface area contributed by atoms with Crippen molar-refractivity contribution in [1.29, 1.82) is 0 Å². The van der Waals surface area contributed by atoms with Crippen LogP contribution in [-0.4, -0.2) is 58.5 Å². The molecule has 0 spiro atoms. The van der Waals surface area contributed by atoms with Crippen molar-refractivity contribution < 1.29 is 13.2 Å². The highest BCUT2D eigenvalue weighted by molar-refractivity contribution is 7.89. The number of primary amides is 1. The van der Waals surface area contributed by atoms with Gasteiger partial charge in [0.05, 0.1) is 4.90 Å². The van der Waals surface area contributed by atoms with Gasteiger partial charge in [0.1, 0.15) is 0 Å². The lowest BCUT2D eigenvalue weighted by atomic mass is 10.1. The zero-order valence-electron chi connectivity index (χ0n) is 13.4. The summed E-state index contributed by atoms with van der Waals surface area (Å²) in [4.78, 5) is 13.6. The molecule has 1 fully saturated rings. The molecule has 1 heterocycles. The van der Waals surface area contributed by atoms with E-state index in [-0.39, 0.29) is 35.3 Å². The Labute approximate surface area is 155 Å². The van der Waals surface area contributed by atoms with Gasteiger partial charge in [-0.1, -0.05) is 6.07 Å². The minimum Gasteiger partial charge on any atom is -0.366 e. The van der Waals surface area contributed by atoms with E-state index < -0.39 is 15.9 Å². The third kappa shape index (κ3) is 6.19. The van der Waals surface area contributed by atoms with Gasteiger partial charge in [0.15, 0.2) is 0 Å². The van der Waals surface area contributed by atoms with E-state index in [4.69, 9.17) is 5.73 Å². The second kappa shape index (κ2) is 10.2. The van der Waals surface area contributed by atoms with Crippen LogP contribution in [0.5, 0.6) is 0 Å². The largest absolute Gasteiger partial charge is 0.366 e. The first-order chi connectivity index (χ1) is 10.4. The highest BCUT2D eigenvalue weighted by atomic mass is 35.5. The summed E-state index contributed by atoms with van der Waals surface area (Å²) in [5, 5.41) is 3.25. The van der Waals surface area contributed by atoms with Crippen LogP contribution in [0.3, 0.4) is 0 Å². The highest BCUT2D eigenvalue weighted by Crippen LogP contribution is 2.15. The van der Waals surface area contributed by atoms with E-state index in [2.05, 4.69) is 14.9 Å². The number of benzene rings is 1. The van der Waals surface area contributed by atoms with E-state index >= 15 is 0 Å². The lowest BCUT2D eigenvalue weighted by molar-refractivity contribution is 0.0999. The van der Waals surface area contributed by atoms with Crippen molar-refractivity contribution in [3.8, 4) is 0 Å². The fourth-order valence-corrected chi connectivity index (χ4v) is 3.44. The van der Waals surface area contributed by atoms with Gasteiger partial charge in [-0.25, -0.2) is 13.1 Å². The quantitative estimate of drug-likeness (QED) is 0.631. The number of hydrogen-bond acceptors (Lipinski definition) is 5. The second-order valence-corrected chi connectivity index (χ2v) is 7.10. The summed E-state index contributed by atoms with van der Waals surface area (Å²) < 4.78 is 27.1. The third-order valence-corrected chi connectivity index (χ3v) is 5.17. The summed E-state index contributed by atoms with van der Waals surface area (Å²) in [6.45, 7) is 6.39. The Hall–Kier alpha value is -0.900. The van der Waals surface area contributed by atoms with E-state index in [9.17, 15) is 13.2 Å². The number of nitrogens with one attached hydrogen (secondary N) is 2. The normalized spacial score (nSPS) is 15.2. The van der Waals surface area contributed by atoms with Crippen LogP contribution in [0, 0.1) is 6.92 Å². The number of aryl methyl sites for hydroxylation is 1. The number of piperazine rings is 1. The van der Waals surface area contributed by atoms with Crippen molar-refractivity contribution in [2.24, 2.45) is 5.73 Å². The number of nitrogens with two attached hydrogens (primary N) is 1. The Balaban J connectivity index is 0.00000264. The summed E-state index contributed by atoms with van der Waals surface area (Å²) in [5.74, 6) is -0.629. The molecule has 10 heteroatoms. The minimum atomic E-state index is -3.63. The number of sulfonamides is 1. The molecule has 0 saturated carbocycles. The first-order valence-corrected chi connectivity index (χ1v) is 8.71. The maximum absolute atomic E-state index is 12.3. The van der Waals surface area contributed by atoms with E-state index in [1.807, 2.05) is 0 Å². The molecular weight excluding hydrogens is 375 g/mol. The van der Waals surface area contributed by atoms with Gasteiger partial charge < -0.3 is 11.1 Å². The molecule has 1 aliphatic rings. The van der Waals surface area contributed by atoms with Gasteiger partial charge in [-0.3, -0.25) is 9.69 Å². The highest BCUT2D eigenvalue weighted by Gasteiger charge is 2.17. The number of rotatable bonds is 6. The van der Waals surface area contributed by atoms with Gasteiger partial charge in [-0.2, -0.15) is 0 Å². The Morgan fingerprint density at radius 3 is 2.50 bits per heavy atom. The molecule has 2 rings (SSSR count). The molecule has 0 aromatic heterocycles. The Morgan fingerprint density at radius 2 is 1.92 bits per heavy atom. The van der Waals surface area contributed by atoms with Crippen molar-refractivity contribution in [3.05, 3.63) is 29.3 Å². The van der Waals surface area contributed by atoms with Gasteiger partial charge in [-0.05, 0) is 24.6 Å². The van der Waals surface area contributed by atoms with Crippen LogP contribution in [-0.2, 0) is 10.0 Å². The third-order valence-electron chi connectivity index (χ3n) is 3.71. The molecule has 138 valence electrons. The first kappa shape index (κ1) is 23.1. The lowest BCUT2D eigenvalue weighted by Gasteiger charge is -2.27. The van der Waals surface area contributed by atoms with Crippen LogP contribution in [0.2, 0.25) is 0 Å². The average molecular weight is 399 g/mol. The molecule has 4 N–H and O–H groups in total. The number of amides is 1. The molecule has 0 aliphatic carbocycles. The monoisotopic (exact) mass is 398 g/mol. The van der Waals surface area contributed by atoms with Crippen molar-refractivity contribution >= 4 is 40.7 Å².